The lowest BCUT2D eigenvalue weighted by Crippen LogP contribution is -2.36. The second-order valence-corrected chi connectivity index (χ2v) is 5.70. The molecular weight excluding hydrogens is 345 g/mol. The number of anilines is 1. The molecule has 1 aromatic rings. The van der Waals surface area contributed by atoms with Crippen molar-refractivity contribution < 1.29 is 19.1 Å². The van der Waals surface area contributed by atoms with Crippen LogP contribution in [0.5, 0.6) is 0 Å². The van der Waals surface area contributed by atoms with E-state index in [1.54, 1.807) is 13.0 Å². The van der Waals surface area contributed by atoms with E-state index in [9.17, 15) is 14.4 Å². The Kier molecular flexibility index (Phi) is 3.99. The zero-order valence-electron chi connectivity index (χ0n) is 11.9. The summed E-state index contributed by atoms with van der Waals surface area (Å²) in [5, 5.41) is 4.09. The van der Waals surface area contributed by atoms with Gasteiger partial charge in [0.05, 0.1) is 22.3 Å². The summed E-state index contributed by atoms with van der Waals surface area (Å²) in [5.74, 6) is -2.97. The molecule has 0 unspecified atom stereocenters. The molecule has 2 heterocycles. The van der Waals surface area contributed by atoms with Crippen LogP contribution in [0.25, 0.3) is 0 Å². The van der Waals surface area contributed by atoms with Crippen LogP contribution in [0.3, 0.4) is 0 Å². The number of hydrogen-bond donors (Lipinski definition) is 1. The molecule has 1 saturated heterocycles. The van der Waals surface area contributed by atoms with Gasteiger partial charge in [0.2, 0.25) is 5.91 Å². The largest absolute Gasteiger partial charge is 0.461 e. The van der Waals surface area contributed by atoms with Crippen LogP contribution in [0, 0.1) is 5.92 Å². The fourth-order valence-electron chi connectivity index (χ4n) is 2.59. The van der Waals surface area contributed by atoms with Crippen molar-refractivity contribution in [2.24, 2.45) is 11.0 Å². The molecule has 2 amide bonds. The Morgan fingerprint density at radius 2 is 1.96 bits per heavy atom. The molecule has 7 nitrogen and oxygen atoms in total. The van der Waals surface area contributed by atoms with Crippen molar-refractivity contribution in [3.8, 4) is 0 Å². The first kappa shape index (κ1) is 15.8. The number of hydrazone groups is 1. The maximum atomic E-state index is 12.7. The lowest BCUT2D eigenvalue weighted by atomic mass is 9.99. The first-order valence-electron chi connectivity index (χ1n) is 6.79. The highest BCUT2D eigenvalue weighted by Crippen LogP contribution is 2.39. The molecule has 2 aliphatic heterocycles. The molecule has 2 atom stereocenters. The van der Waals surface area contributed by atoms with Gasteiger partial charge >= 0.3 is 5.97 Å². The number of benzene rings is 1. The Hall–Kier alpha value is -2.12. The van der Waals surface area contributed by atoms with Gasteiger partial charge in [0.25, 0.3) is 5.91 Å². The standard InChI is InChI=1S/C14H11Cl2N3O4/c1-2-23-14(22)10-8-9(17-18-10)13(21)19(12(8)20)11-6(15)4-3-5-7(11)16/h3-5,8-9,17H,2H2,1H3/t8-,9-/m0/s1. The smallest absolute Gasteiger partial charge is 0.355 e. The molecule has 9 heteroatoms. The van der Waals surface area contributed by atoms with Crippen LogP contribution in [0.4, 0.5) is 5.69 Å². The highest BCUT2D eigenvalue weighted by atomic mass is 35.5. The molecule has 3 rings (SSSR count). The van der Waals surface area contributed by atoms with Crippen LogP contribution >= 0.6 is 23.2 Å². The van der Waals surface area contributed by atoms with Gasteiger partial charge in [0.15, 0.2) is 5.71 Å². The Labute approximate surface area is 141 Å². The number of hydrogen-bond acceptors (Lipinski definition) is 6. The van der Waals surface area contributed by atoms with Crippen molar-refractivity contribution in [3.05, 3.63) is 28.2 Å². The zero-order chi connectivity index (χ0) is 16.7. The summed E-state index contributed by atoms with van der Waals surface area (Å²) in [7, 11) is 0. The number of amides is 2. The molecule has 23 heavy (non-hydrogen) atoms. The molecule has 1 N–H and O–H groups in total. The molecule has 0 aromatic heterocycles. The van der Waals surface area contributed by atoms with Gasteiger partial charge in [-0.05, 0) is 19.1 Å². The number of nitrogens with zero attached hydrogens (tertiary/aromatic N) is 2. The van der Waals surface area contributed by atoms with Crippen LogP contribution in [-0.2, 0) is 19.1 Å². The van der Waals surface area contributed by atoms with Gasteiger partial charge in [-0.2, -0.15) is 5.10 Å². The summed E-state index contributed by atoms with van der Waals surface area (Å²) in [4.78, 5) is 38.0. The van der Waals surface area contributed by atoms with Gasteiger partial charge in [0.1, 0.15) is 12.0 Å². The second kappa shape index (κ2) is 5.82. The fraction of sp³-hybridized carbons (Fsp3) is 0.286. The SMILES string of the molecule is CCOC(=O)C1=NN[C@@H]2C(=O)N(c3c(Cl)cccc3Cl)C(=O)[C@H]12. The zero-order valence-corrected chi connectivity index (χ0v) is 13.4. The van der Waals surface area contributed by atoms with E-state index in [2.05, 4.69) is 10.5 Å². The number of carbonyl (C=O) groups excluding carboxylic acids is 3. The predicted octanol–water partition coefficient (Wildman–Crippen LogP) is 1.37. The Morgan fingerprint density at radius 3 is 2.57 bits per heavy atom. The van der Waals surface area contributed by atoms with Crippen LogP contribution in [0.2, 0.25) is 10.0 Å². The number of esters is 1. The van der Waals surface area contributed by atoms with Gasteiger partial charge in [-0.15, -0.1) is 0 Å². The monoisotopic (exact) mass is 355 g/mol. The van der Waals surface area contributed by atoms with E-state index < -0.39 is 29.7 Å². The molecule has 1 fully saturated rings. The van der Waals surface area contributed by atoms with Crippen LogP contribution in [-0.4, -0.2) is 36.1 Å². The minimum Gasteiger partial charge on any atom is -0.461 e. The number of para-hydroxylation sites is 1. The first-order valence-corrected chi connectivity index (χ1v) is 7.55. The molecule has 120 valence electrons. The van der Waals surface area contributed by atoms with Gasteiger partial charge in [-0.1, -0.05) is 29.3 Å². The first-order chi connectivity index (χ1) is 11.0. The third-order valence-corrected chi connectivity index (χ3v) is 4.18. The lowest BCUT2D eigenvalue weighted by molar-refractivity contribution is -0.136. The Bertz CT molecular complexity index is 729. The van der Waals surface area contributed by atoms with Crippen molar-refractivity contribution in [2.75, 3.05) is 11.5 Å². The van der Waals surface area contributed by atoms with E-state index in [-0.39, 0.29) is 28.1 Å². The number of carbonyl (C=O) groups is 3. The van der Waals surface area contributed by atoms with Crippen LogP contribution in [0.1, 0.15) is 6.92 Å². The van der Waals surface area contributed by atoms with Gasteiger partial charge < -0.3 is 4.74 Å². The third kappa shape index (κ3) is 2.36. The normalized spacial score (nSPS) is 22.7. The highest BCUT2D eigenvalue weighted by molar-refractivity contribution is 6.48. The average Bonchev–Trinajstić information content (AvgIpc) is 3.03. The molecule has 2 aliphatic rings. The molecule has 0 radical (unpaired) electrons. The molecule has 0 spiro atoms. The number of ether oxygens (including phenoxy) is 1. The quantitative estimate of drug-likeness (QED) is 0.653. The number of halogens is 2. The van der Waals surface area contributed by atoms with Crippen molar-refractivity contribution in [1.82, 2.24) is 5.43 Å². The number of fused-ring (bicyclic) bond motifs is 1. The molecule has 0 bridgehead atoms. The Balaban J connectivity index is 1.99. The van der Waals surface area contributed by atoms with Crippen molar-refractivity contribution in [2.45, 2.75) is 13.0 Å². The fourth-order valence-corrected chi connectivity index (χ4v) is 3.15. The summed E-state index contributed by atoms with van der Waals surface area (Å²) in [6, 6.07) is 3.68. The molecular formula is C14H11Cl2N3O4. The van der Waals surface area contributed by atoms with E-state index >= 15 is 0 Å². The summed E-state index contributed by atoms with van der Waals surface area (Å²) < 4.78 is 4.86. The van der Waals surface area contributed by atoms with Crippen LogP contribution in [0.15, 0.2) is 23.3 Å². The van der Waals surface area contributed by atoms with Gasteiger partial charge in [0, 0.05) is 0 Å². The molecule has 0 saturated carbocycles. The summed E-state index contributed by atoms with van der Waals surface area (Å²) in [6.45, 7) is 1.77. The van der Waals surface area contributed by atoms with E-state index in [0.717, 1.165) is 4.90 Å². The van der Waals surface area contributed by atoms with E-state index in [1.165, 1.54) is 12.1 Å². The number of imide groups is 1. The summed E-state index contributed by atoms with van der Waals surface area (Å²) in [6.07, 6.45) is 0. The van der Waals surface area contributed by atoms with Crippen molar-refractivity contribution in [1.29, 1.82) is 0 Å². The van der Waals surface area contributed by atoms with Gasteiger partial charge in [-0.3, -0.25) is 15.0 Å². The highest BCUT2D eigenvalue weighted by Gasteiger charge is 2.56. The maximum Gasteiger partial charge on any atom is 0.355 e. The lowest BCUT2D eigenvalue weighted by Gasteiger charge is -2.18. The summed E-state index contributed by atoms with van der Waals surface area (Å²) >= 11 is 12.1. The van der Waals surface area contributed by atoms with E-state index in [1.807, 2.05) is 0 Å². The Morgan fingerprint density at radius 1 is 1.30 bits per heavy atom. The van der Waals surface area contributed by atoms with Crippen molar-refractivity contribution >= 4 is 52.4 Å². The van der Waals surface area contributed by atoms with E-state index in [4.69, 9.17) is 27.9 Å². The number of rotatable bonds is 3. The van der Waals surface area contributed by atoms with Crippen molar-refractivity contribution in [3.63, 3.8) is 0 Å². The minimum atomic E-state index is -1.05. The predicted molar refractivity (Wildman–Crippen MR) is 83.4 cm³/mol. The summed E-state index contributed by atoms with van der Waals surface area (Å²) in [5.41, 5.74) is 2.49. The van der Waals surface area contributed by atoms with Crippen LogP contribution < -0.4 is 10.3 Å². The minimum absolute atomic E-state index is 0.102. The third-order valence-electron chi connectivity index (χ3n) is 3.57. The molecule has 1 aromatic carbocycles. The average molecular weight is 356 g/mol. The van der Waals surface area contributed by atoms with E-state index in [0.29, 0.717) is 0 Å². The number of nitrogens with one attached hydrogen (secondary N) is 1. The maximum absolute atomic E-state index is 12.7. The molecule has 0 aliphatic carbocycles. The van der Waals surface area contributed by atoms with Gasteiger partial charge in [-0.25, -0.2) is 9.69 Å². The second-order valence-electron chi connectivity index (χ2n) is 4.88. The topological polar surface area (TPSA) is 88.1 Å².